The molecule has 0 radical (unpaired) electrons. The average Bonchev–Trinajstić information content (AvgIpc) is 3.46. The number of nitrogens with zero attached hydrogens (tertiary/aromatic N) is 3. The standard InChI is InChI=1S/C31H42ClN5O4.C2HF3O2/c1-21(26-18-33-27-9-7-6-8-25(26)27)29(34-31(39)36(12-14-40-4)13-15-41-5)30(38)37-20-22(19-35(2)3)16-23-17-24(32)10-11-28(23)37;3-2(4,5)1(6)7/h6-11,17-18,21-22,29,33H,12-16,19-20H2,1-5H3,(H,34,39);(H,6,7)/t21?,22-,29?;/m1./s1. The fourth-order valence-corrected chi connectivity index (χ4v) is 5.92. The molecule has 1 aliphatic heterocycles. The molecule has 3 amide bonds. The van der Waals surface area contributed by atoms with Gasteiger partial charge in [-0.2, -0.15) is 13.2 Å². The number of carboxylic acid groups (broad SMARTS) is 1. The molecule has 0 bridgehead atoms. The van der Waals surface area contributed by atoms with Crippen LogP contribution in [-0.4, -0.2) is 118 Å². The molecule has 0 aliphatic carbocycles. The van der Waals surface area contributed by atoms with Crippen LogP contribution in [0.2, 0.25) is 5.02 Å². The number of aliphatic carboxylic acids is 1. The number of carbonyl (C=O) groups is 3. The first kappa shape index (κ1) is 38.6. The number of rotatable bonds is 12. The van der Waals surface area contributed by atoms with Crippen molar-refractivity contribution in [2.45, 2.75) is 31.5 Å². The summed E-state index contributed by atoms with van der Waals surface area (Å²) in [7, 11) is 7.27. The zero-order valence-corrected chi connectivity index (χ0v) is 28.4. The molecular formula is C33H43ClF3N5O6. The molecule has 2 unspecified atom stereocenters. The molecule has 0 spiro atoms. The van der Waals surface area contributed by atoms with E-state index < -0.39 is 18.2 Å². The van der Waals surface area contributed by atoms with Gasteiger partial charge in [0.05, 0.1) is 13.2 Å². The van der Waals surface area contributed by atoms with Crippen LogP contribution in [0, 0.1) is 5.92 Å². The molecule has 2 aromatic carbocycles. The van der Waals surface area contributed by atoms with Crippen LogP contribution in [0.5, 0.6) is 0 Å². The van der Waals surface area contributed by atoms with Crippen LogP contribution >= 0.6 is 11.6 Å². The lowest BCUT2D eigenvalue weighted by Gasteiger charge is -2.39. The predicted octanol–water partition coefficient (Wildman–Crippen LogP) is 5.00. The summed E-state index contributed by atoms with van der Waals surface area (Å²) >= 11 is 6.38. The normalized spacial score (nSPS) is 15.7. The number of halogens is 4. The Labute approximate surface area is 282 Å². The van der Waals surface area contributed by atoms with Gasteiger partial charge in [0.2, 0.25) is 5.91 Å². The van der Waals surface area contributed by atoms with E-state index in [0.717, 1.165) is 40.7 Å². The second kappa shape index (κ2) is 17.5. The van der Waals surface area contributed by atoms with Crippen molar-refractivity contribution in [2.24, 2.45) is 5.92 Å². The van der Waals surface area contributed by atoms with Gasteiger partial charge in [-0.05, 0) is 61.8 Å². The highest BCUT2D eigenvalue weighted by Crippen LogP contribution is 2.35. The highest BCUT2D eigenvalue weighted by molar-refractivity contribution is 6.30. The van der Waals surface area contributed by atoms with Crippen molar-refractivity contribution < 1.29 is 42.1 Å². The van der Waals surface area contributed by atoms with Gasteiger partial charge in [0.1, 0.15) is 6.04 Å². The van der Waals surface area contributed by atoms with Gasteiger partial charge in [-0.15, -0.1) is 0 Å². The summed E-state index contributed by atoms with van der Waals surface area (Å²) in [5.74, 6) is -3.01. The van der Waals surface area contributed by atoms with Crippen molar-refractivity contribution >= 4 is 46.1 Å². The van der Waals surface area contributed by atoms with Crippen LogP contribution in [0.4, 0.5) is 23.7 Å². The Kier molecular flexibility index (Phi) is 14.1. The fourth-order valence-electron chi connectivity index (χ4n) is 5.72. The number of H-pyrrole nitrogens is 1. The van der Waals surface area contributed by atoms with Gasteiger partial charge >= 0.3 is 18.2 Å². The van der Waals surface area contributed by atoms with Gasteiger partial charge in [-0.1, -0.05) is 36.7 Å². The first-order chi connectivity index (χ1) is 22.7. The zero-order valence-electron chi connectivity index (χ0n) is 27.6. The molecule has 0 fully saturated rings. The molecular weight excluding hydrogens is 655 g/mol. The first-order valence-corrected chi connectivity index (χ1v) is 15.7. The number of alkyl halides is 3. The van der Waals surface area contributed by atoms with E-state index >= 15 is 0 Å². The smallest absolute Gasteiger partial charge is 0.475 e. The number of fused-ring (bicyclic) bond motifs is 2. The number of aromatic amines is 1. The number of carboxylic acids is 1. The number of aromatic nitrogens is 1. The molecule has 3 aromatic rings. The Morgan fingerprint density at radius 3 is 2.31 bits per heavy atom. The quantitative estimate of drug-likeness (QED) is 0.243. The van der Waals surface area contributed by atoms with E-state index in [9.17, 15) is 22.8 Å². The van der Waals surface area contributed by atoms with Crippen LogP contribution in [-0.2, 0) is 25.5 Å². The maximum absolute atomic E-state index is 14.6. The number of hydrogen-bond acceptors (Lipinski definition) is 6. The first-order valence-electron chi connectivity index (χ1n) is 15.3. The van der Waals surface area contributed by atoms with Crippen LogP contribution in [0.1, 0.15) is 24.0 Å². The Morgan fingerprint density at radius 1 is 1.10 bits per heavy atom. The number of hydrogen-bond donors (Lipinski definition) is 3. The van der Waals surface area contributed by atoms with E-state index in [1.54, 1.807) is 19.1 Å². The summed E-state index contributed by atoms with van der Waals surface area (Å²) in [5.41, 5.74) is 3.83. The number of carbonyl (C=O) groups excluding carboxylic acids is 2. The van der Waals surface area contributed by atoms with Crippen LogP contribution in [0.15, 0.2) is 48.7 Å². The molecule has 3 N–H and O–H groups in total. The van der Waals surface area contributed by atoms with Crippen molar-refractivity contribution in [3.05, 3.63) is 64.8 Å². The molecule has 0 saturated heterocycles. The molecule has 2 heterocycles. The van der Waals surface area contributed by atoms with Crippen LogP contribution in [0.3, 0.4) is 0 Å². The minimum atomic E-state index is -5.08. The molecule has 11 nitrogen and oxygen atoms in total. The lowest BCUT2D eigenvalue weighted by atomic mass is 9.88. The Bertz CT molecular complexity index is 1530. The van der Waals surface area contributed by atoms with Crippen molar-refractivity contribution in [1.29, 1.82) is 0 Å². The van der Waals surface area contributed by atoms with Crippen LogP contribution in [0.25, 0.3) is 10.9 Å². The lowest BCUT2D eigenvalue weighted by molar-refractivity contribution is -0.192. The summed E-state index contributed by atoms with van der Waals surface area (Å²) in [6.07, 6.45) is -2.32. The van der Waals surface area contributed by atoms with Gasteiger partial charge in [-0.3, -0.25) is 4.79 Å². The topological polar surface area (TPSA) is 127 Å². The largest absolute Gasteiger partial charge is 0.490 e. The molecule has 264 valence electrons. The predicted molar refractivity (Wildman–Crippen MR) is 178 cm³/mol. The van der Waals surface area contributed by atoms with Gasteiger partial charge in [0.15, 0.2) is 0 Å². The van der Waals surface area contributed by atoms with E-state index in [-0.39, 0.29) is 23.8 Å². The maximum Gasteiger partial charge on any atom is 0.490 e. The summed E-state index contributed by atoms with van der Waals surface area (Å²) in [6.45, 7) is 4.88. The second-order valence-electron chi connectivity index (χ2n) is 11.8. The Balaban J connectivity index is 0.000000804. The lowest BCUT2D eigenvalue weighted by Crippen LogP contribution is -2.57. The fraction of sp³-hybridized carbons (Fsp3) is 0.485. The van der Waals surface area contributed by atoms with Gasteiger partial charge in [0.25, 0.3) is 0 Å². The number of amides is 3. The number of para-hydroxylation sites is 1. The molecule has 0 saturated carbocycles. The second-order valence-corrected chi connectivity index (χ2v) is 12.3. The summed E-state index contributed by atoms with van der Waals surface area (Å²) < 4.78 is 42.2. The number of anilines is 1. The van der Waals surface area contributed by atoms with E-state index in [2.05, 4.69) is 15.2 Å². The van der Waals surface area contributed by atoms with Crippen molar-refractivity contribution in [1.82, 2.24) is 20.1 Å². The third-order valence-corrected chi connectivity index (χ3v) is 8.22. The van der Waals surface area contributed by atoms with Crippen molar-refractivity contribution in [2.75, 3.05) is 72.6 Å². The molecule has 3 atom stereocenters. The minimum Gasteiger partial charge on any atom is -0.475 e. The number of nitrogens with one attached hydrogen (secondary N) is 2. The maximum atomic E-state index is 14.6. The third-order valence-electron chi connectivity index (χ3n) is 7.99. The SMILES string of the molecule is COCCN(CCOC)C(=O)NC(C(=O)N1C[C@@H](CN(C)C)Cc2cc(Cl)ccc21)C(C)c1c[nH]c2ccccc12.O=C(O)C(F)(F)F. The monoisotopic (exact) mass is 697 g/mol. The number of urea groups is 1. The summed E-state index contributed by atoms with van der Waals surface area (Å²) in [5, 5.41) is 11.9. The molecule has 4 rings (SSSR count). The Morgan fingerprint density at radius 2 is 1.73 bits per heavy atom. The van der Waals surface area contributed by atoms with Crippen molar-refractivity contribution in [3.8, 4) is 0 Å². The minimum absolute atomic E-state index is 0.151. The van der Waals surface area contributed by atoms with E-state index in [1.165, 1.54) is 0 Å². The van der Waals surface area contributed by atoms with Gasteiger partial charge < -0.3 is 39.6 Å². The number of benzene rings is 2. The summed E-state index contributed by atoms with van der Waals surface area (Å²) in [4.78, 5) is 46.1. The molecule has 15 heteroatoms. The molecule has 1 aliphatic rings. The zero-order chi connectivity index (χ0) is 35.6. The van der Waals surface area contributed by atoms with E-state index in [4.69, 9.17) is 31.0 Å². The van der Waals surface area contributed by atoms with Gasteiger partial charge in [0, 0.05) is 74.1 Å². The highest BCUT2D eigenvalue weighted by Gasteiger charge is 2.39. The van der Waals surface area contributed by atoms with Gasteiger partial charge in [-0.25, -0.2) is 9.59 Å². The van der Waals surface area contributed by atoms with E-state index in [0.29, 0.717) is 37.9 Å². The van der Waals surface area contributed by atoms with Crippen LogP contribution < -0.4 is 10.2 Å². The Hall–Kier alpha value is -3.85. The molecule has 1 aromatic heterocycles. The third kappa shape index (κ3) is 10.3. The number of methoxy groups -OCH3 is 2. The highest BCUT2D eigenvalue weighted by atomic mass is 35.5. The number of ether oxygens (including phenoxy) is 2. The summed E-state index contributed by atoms with van der Waals surface area (Å²) in [6, 6.07) is 12.5. The van der Waals surface area contributed by atoms with Crippen molar-refractivity contribution in [3.63, 3.8) is 0 Å². The average molecular weight is 698 g/mol. The molecule has 48 heavy (non-hydrogen) atoms. The van der Waals surface area contributed by atoms with E-state index in [1.807, 2.05) is 74.6 Å².